The maximum absolute atomic E-state index is 5.42. The summed E-state index contributed by atoms with van der Waals surface area (Å²) >= 11 is 1.77. The van der Waals surface area contributed by atoms with E-state index in [1.165, 1.54) is 31.2 Å². The molecule has 0 saturated heterocycles. The third kappa shape index (κ3) is 3.30. The van der Waals surface area contributed by atoms with Gasteiger partial charge in [-0.25, -0.2) is 0 Å². The van der Waals surface area contributed by atoms with Gasteiger partial charge in [-0.05, 0) is 48.1 Å². The fourth-order valence-corrected chi connectivity index (χ4v) is 2.87. The number of hydrogen-bond donors (Lipinski definition) is 1. The normalized spacial score (nSPS) is 26.7. The van der Waals surface area contributed by atoms with Gasteiger partial charge in [0.1, 0.15) is 0 Å². The van der Waals surface area contributed by atoms with Gasteiger partial charge >= 0.3 is 0 Å². The summed E-state index contributed by atoms with van der Waals surface area (Å²) in [7, 11) is 1.83. The largest absolute Gasteiger partial charge is 0.381 e. The highest BCUT2D eigenvalue weighted by atomic mass is 32.1. The quantitative estimate of drug-likeness (QED) is 0.851. The number of ether oxygens (including phenoxy) is 1. The van der Waals surface area contributed by atoms with Crippen molar-refractivity contribution in [1.29, 1.82) is 0 Å². The second-order valence-electron chi connectivity index (χ2n) is 4.23. The Morgan fingerprint density at radius 3 is 3.20 bits per heavy atom. The van der Waals surface area contributed by atoms with Gasteiger partial charge in [0.25, 0.3) is 0 Å². The van der Waals surface area contributed by atoms with Crippen LogP contribution in [0.1, 0.15) is 31.2 Å². The second-order valence-corrected chi connectivity index (χ2v) is 5.01. The highest BCUT2D eigenvalue weighted by molar-refractivity contribution is 7.07. The van der Waals surface area contributed by atoms with Crippen molar-refractivity contribution in [3.05, 3.63) is 22.4 Å². The summed E-state index contributed by atoms with van der Waals surface area (Å²) < 4.78 is 5.42. The lowest BCUT2D eigenvalue weighted by atomic mass is 9.93. The average Bonchev–Trinajstić information content (AvgIpc) is 2.79. The molecule has 0 bridgehead atoms. The zero-order valence-electron chi connectivity index (χ0n) is 9.24. The first-order valence-corrected chi connectivity index (χ1v) is 6.60. The molecule has 0 aliphatic heterocycles. The van der Waals surface area contributed by atoms with Gasteiger partial charge in [0.15, 0.2) is 0 Å². The van der Waals surface area contributed by atoms with Gasteiger partial charge in [0.2, 0.25) is 0 Å². The SMILES string of the molecule is COC1CCCC(NCc2ccsc2)C1. The van der Waals surface area contributed by atoms with E-state index >= 15 is 0 Å². The van der Waals surface area contributed by atoms with E-state index in [1.54, 1.807) is 11.3 Å². The fourth-order valence-electron chi connectivity index (χ4n) is 2.20. The van der Waals surface area contributed by atoms with Crippen LogP contribution in [0.3, 0.4) is 0 Å². The summed E-state index contributed by atoms with van der Waals surface area (Å²) in [5, 5.41) is 7.96. The summed E-state index contributed by atoms with van der Waals surface area (Å²) in [5.41, 5.74) is 1.40. The van der Waals surface area contributed by atoms with Crippen LogP contribution in [0.4, 0.5) is 0 Å². The molecule has 1 N–H and O–H groups in total. The first kappa shape index (κ1) is 11.1. The Hall–Kier alpha value is -0.380. The summed E-state index contributed by atoms with van der Waals surface area (Å²) in [5.74, 6) is 0. The third-order valence-corrected chi connectivity index (χ3v) is 3.87. The Bertz CT molecular complexity index is 273. The van der Waals surface area contributed by atoms with Crippen LogP contribution in [0.25, 0.3) is 0 Å². The lowest BCUT2D eigenvalue weighted by Crippen LogP contribution is -2.36. The minimum Gasteiger partial charge on any atom is -0.381 e. The molecule has 0 radical (unpaired) electrons. The Morgan fingerprint density at radius 1 is 1.53 bits per heavy atom. The Labute approximate surface area is 95.6 Å². The van der Waals surface area contributed by atoms with Crippen molar-refractivity contribution in [1.82, 2.24) is 5.32 Å². The van der Waals surface area contributed by atoms with E-state index in [9.17, 15) is 0 Å². The van der Waals surface area contributed by atoms with E-state index in [-0.39, 0.29) is 0 Å². The molecule has 1 aromatic heterocycles. The fraction of sp³-hybridized carbons (Fsp3) is 0.667. The lowest BCUT2D eigenvalue weighted by molar-refractivity contribution is 0.0586. The molecule has 1 aliphatic carbocycles. The molecule has 0 aromatic carbocycles. The molecule has 0 spiro atoms. The first-order valence-electron chi connectivity index (χ1n) is 5.65. The molecule has 15 heavy (non-hydrogen) atoms. The van der Waals surface area contributed by atoms with Crippen molar-refractivity contribution in [3.63, 3.8) is 0 Å². The van der Waals surface area contributed by atoms with Crippen LogP contribution in [0.15, 0.2) is 16.8 Å². The predicted molar refractivity (Wildman–Crippen MR) is 64.2 cm³/mol. The maximum Gasteiger partial charge on any atom is 0.0586 e. The van der Waals surface area contributed by atoms with Gasteiger partial charge < -0.3 is 10.1 Å². The monoisotopic (exact) mass is 225 g/mol. The topological polar surface area (TPSA) is 21.3 Å². The van der Waals surface area contributed by atoms with Gasteiger partial charge in [0, 0.05) is 19.7 Å². The van der Waals surface area contributed by atoms with E-state index in [0.717, 1.165) is 6.54 Å². The van der Waals surface area contributed by atoms with Gasteiger partial charge in [-0.3, -0.25) is 0 Å². The molecule has 2 atom stereocenters. The summed E-state index contributed by atoms with van der Waals surface area (Å²) in [6.45, 7) is 1.00. The zero-order chi connectivity index (χ0) is 10.5. The van der Waals surface area contributed by atoms with E-state index in [1.807, 2.05) is 7.11 Å². The van der Waals surface area contributed by atoms with Crippen LogP contribution in [-0.4, -0.2) is 19.3 Å². The molecule has 1 aliphatic rings. The van der Waals surface area contributed by atoms with Crippen molar-refractivity contribution in [2.24, 2.45) is 0 Å². The number of nitrogens with one attached hydrogen (secondary N) is 1. The minimum absolute atomic E-state index is 0.471. The van der Waals surface area contributed by atoms with E-state index < -0.39 is 0 Å². The smallest absolute Gasteiger partial charge is 0.0586 e. The van der Waals surface area contributed by atoms with E-state index in [0.29, 0.717) is 12.1 Å². The van der Waals surface area contributed by atoms with Crippen molar-refractivity contribution in [3.8, 4) is 0 Å². The van der Waals surface area contributed by atoms with Crippen molar-refractivity contribution in [2.75, 3.05) is 7.11 Å². The highest BCUT2D eigenvalue weighted by Gasteiger charge is 2.20. The molecule has 1 fully saturated rings. The molecule has 1 heterocycles. The van der Waals surface area contributed by atoms with Crippen LogP contribution in [0.5, 0.6) is 0 Å². The van der Waals surface area contributed by atoms with Crippen molar-refractivity contribution < 1.29 is 4.74 Å². The van der Waals surface area contributed by atoms with Crippen molar-refractivity contribution >= 4 is 11.3 Å². The molecule has 2 nitrogen and oxygen atoms in total. The highest BCUT2D eigenvalue weighted by Crippen LogP contribution is 2.21. The number of methoxy groups -OCH3 is 1. The van der Waals surface area contributed by atoms with Crippen LogP contribution in [0, 0.1) is 0 Å². The Balaban J connectivity index is 1.74. The Kier molecular flexibility index (Phi) is 4.18. The van der Waals surface area contributed by atoms with E-state index in [4.69, 9.17) is 4.74 Å². The predicted octanol–water partition coefficient (Wildman–Crippen LogP) is 2.80. The minimum atomic E-state index is 0.471. The van der Waals surface area contributed by atoms with Gasteiger partial charge in [-0.1, -0.05) is 0 Å². The summed E-state index contributed by atoms with van der Waals surface area (Å²) in [6, 6.07) is 2.83. The molecular formula is C12H19NOS. The molecule has 0 amide bonds. The van der Waals surface area contributed by atoms with Gasteiger partial charge in [-0.15, -0.1) is 0 Å². The molecule has 1 aromatic rings. The van der Waals surface area contributed by atoms with Crippen LogP contribution in [0.2, 0.25) is 0 Å². The Morgan fingerprint density at radius 2 is 2.47 bits per heavy atom. The maximum atomic E-state index is 5.42. The zero-order valence-corrected chi connectivity index (χ0v) is 10.1. The number of thiophene rings is 1. The molecule has 2 unspecified atom stereocenters. The van der Waals surface area contributed by atoms with Gasteiger partial charge in [0.05, 0.1) is 6.10 Å². The number of rotatable bonds is 4. The molecule has 2 rings (SSSR count). The van der Waals surface area contributed by atoms with Gasteiger partial charge in [-0.2, -0.15) is 11.3 Å². The average molecular weight is 225 g/mol. The summed E-state index contributed by atoms with van der Waals surface area (Å²) in [4.78, 5) is 0. The van der Waals surface area contributed by atoms with Crippen LogP contribution < -0.4 is 5.32 Å². The third-order valence-electron chi connectivity index (χ3n) is 3.13. The molecule has 84 valence electrons. The van der Waals surface area contributed by atoms with E-state index in [2.05, 4.69) is 22.1 Å². The first-order chi connectivity index (χ1) is 7.38. The number of hydrogen-bond acceptors (Lipinski definition) is 3. The van der Waals surface area contributed by atoms with Crippen LogP contribution >= 0.6 is 11.3 Å². The lowest BCUT2D eigenvalue weighted by Gasteiger charge is -2.28. The molecular weight excluding hydrogens is 206 g/mol. The standard InChI is InChI=1S/C12H19NOS/c1-14-12-4-2-3-11(7-12)13-8-10-5-6-15-9-10/h5-6,9,11-13H,2-4,7-8H2,1H3. The summed E-state index contributed by atoms with van der Waals surface area (Å²) in [6.07, 6.45) is 5.45. The van der Waals surface area contributed by atoms with Crippen molar-refractivity contribution in [2.45, 2.75) is 44.4 Å². The molecule has 3 heteroatoms. The second kappa shape index (κ2) is 5.64. The molecule has 1 saturated carbocycles. The van der Waals surface area contributed by atoms with Crippen LogP contribution in [-0.2, 0) is 11.3 Å².